The first-order chi connectivity index (χ1) is 13.2. The third kappa shape index (κ3) is 3.58. The van der Waals surface area contributed by atoms with Gasteiger partial charge in [-0.1, -0.05) is 17.7 Å². The van der Waals surface area contributed by atoms with Crippen molar-refractivity contribution < 1.29 is 4.74 Å². The Hall–Kier alpha value is -2.72. The minimum absolute atomic E-state index is 0.332. The first-order valence-electron chi connectivity index (χ1n) is 7.94. The molecule has 0 aliphatic rings. The first-order valence-corrected chi connectivity index (χ1v) is 10.1. The van der Waals surface area contributed by atoms with Crippen LogP contribution in [0.15, 0.2) is 47.2 Å². The van der Waals surface area contributed by atoms with E-state index in [1.807, 2.05) is 47.2 Å². The van der Waals surface area contributed by atoms with Crippen molar-refractivity contribution in [2.24, 2.45) is 0 Å². The molecule has 3 aromatic heterocycles. The molecule has 7 heteroatoms. The number of pyridine rings is 1. The van der Waals surface area contributed by atoms with Crippen molar-refractivity contribution in [3.63, 3.8) is 0 Å². The van der Waals surface area contributed by atoms with E-state index < -0.39 is 0 Å². The average molecular weight is 410 g/mol. The van der Waals surface area contributed by atoms with Gasteiger partial charge in [-0.15, -0.1) is 22.7 Å². The first kappa shape index (κ1) is 17.7. The molecule has 132 valence electrons. The predicted octanol–water partition coefficient (Wildman–Crippen LogP) is 6.15. The molecule has 0 saturated heterocycles. The molecule has 0 aliphatic carbocycles. The van der Waals surface area contributed by atoms with Crippen molar-refractivity contribution in [1.29, 1.82) is 5.26 Å². The Balaban J connectivity index is 1.74. The molecule has 0 radical (unpaired) electrons. The highest BCUT2D eigenvalue weighted by Gasteiger charge is 2.12. The number of methoxy groups -OCH3 is 1. The Morgan fingerprint density at radius 1 is 1.22 bits per heavy atom. The molecule has 4 nitrogen and oxygen atoms in total. The van der Waals surface area contributed by atoms with Crippen molar-refractivity contribution in [3.05, 3.63) is 62.9 Å². The van der Waals surface area contributed by atoms with Crippen LogP contribution in [0.5, 0.6) is 5.75 Å². The van der Waals surface area contributed by atoms with Gasteiger partial charge in [-0.05, 0) is 35.7 Å². The van der Waals surface area contributed by atoms with Crippen LogP contribution in [0.1, 0.15) is 10.6 Å². The molecular formula is C20H12ClN3OS2. The monoisotopic (exact) mass is 409 g/mol. The van der Waals surface area contributed by atoms with Crippen LogP contribution in [0.4, 0.5) is 0 Å². The number of thiazole rings is 1. The van der Waals surface area contributed by atoms with E-state index in [2.05, 4.69) is 16.0 Å². The van der Waals surface area contributed by atoms with Gasteiger partial charge < -0.3 is 4.74 Å². The highest BCUT2D eigenvalue weighted by atomic mass is 35.5. The molecule has 4 rings (SSSR count). The van der Waals surface area contributed by atoms with Crippen LogP contribution in [-0.2, 0) is 0 Å². The lowest BCUT2D eigenvalue weighted by Crippen LogP contribution is -1.89. The number of rotatable bonds is 4. The van der Waals surface area contributed by atoms with Crippen LogP contribution < -0.4 is 4.74 Å². The highest BCUT2D eigenvalue weighted by Crippen LogP contribution is 2.31. The maximum Gasteiger partial charge on any atom is 0.137 e. The number of aromatic nitrogens is 2. The summed E-state index contributed by atoms with van der Waals surface area (Å²) in [6.07, 6.45) is 1.73. The third-order valence-corrected chi connectivity index (χ3v) is 6.00. The summed E-state index contributed by atoms with van der Waals surface area (Å²) < 4.78 is 5.22. The molecule has 4 aromatic rings. The predicted molar refractivity (Wildman–Crippen MR) is 112 cm³/mol. The normalized spacial score (nSPS) is 11.5. The molecular weight excluding hydrogens is 398 g/mol. The Morgan fingerprint density at radius 2 is 2.11 bits per heavy atom. The second kappa shape index (κ2) is 7.49. The Kier molecular flexibility index (Phi) is 4.90. The lowest BCUT2D eigenvalue weighted by molar-refractivity contribution is 0.415. The van der Waals surface area contributed by atoms with E-state index in [1.54, 1.807) is 24.5 Å². The largest absolute Gasteiger partial charge is 0.497 e. The second-order valence-electron chi connectivity index (χ2n) is 5.61. The molecule has 0 bridgehead atoms. The minimum Gasteiger partial charge on any atom is -0.497 e. The smallest absolute Gasteiger partial charge is 0.137 e. The van der Waals surface area contributed by atoms with E-state index in [9.17, 15) is 5.26 Å². The molecule has 0 aliphatic heterocycles. The van der Waals surface area contributed by atoms with Gasteiger partial charge in [0.2, 0.25) is 0 Å². The molecule has 27 heavy (non-hydrogen) atoms. The van der Waals surface area contributed by atoms with Gasteiger partial charge in [0.1, 0.15) is 22.0 Å². The molecule has 0 amide bonds. The number of hydrogen-bond acceptors (Lipinski definition) is 6. The maximum absolute atomic E-state index is 9.62. The van der Waals surface area contributed by atoms with Crippen molar-refractivity contribution in [2.45, 2.75) is 0 Å². The van der Waals surface area contributed by atoms with Crippen LogP contribution in [0, 0.1) is 11.3 Å². The van der Waals surface area contributed by atoms with Crippen LogP contribution in [0.2, 0.25) is 5.15 Å². The minimum atomic E-state index is 0.332. The summed E-state index contributed by atoms with van der Waals surface area (Å²) >= 11 is 9.41. The molecule has 3 heterocycles. The number of nitriles is 1. The molecule has 0 N–H and O–H groups in total. The summed E-state index contributed by atoms with van der Waals surface area (Å²) in [6, 6.07) is 13.7. The summed E-state index contributed by atoms with van der Waals surface area (Å²) in [7, 11) is 1.61. The van der Waals surface area contributed by atoms with Crippen molar-refractivity contribution in [2.75, 3.05) is 7.11 Å². The van der Waals surface area contributed by atoms with Gasteiger partial charge in [0.15, 0.2) is 0 Å². The number of benzene rings is 1. The summed E-state index contributed by atoms with van der Waals surface area (Å²) in [5.41, 5.74) is 2.75. The SMILES string of the molecule is COc1ccc2cc(C=C(C#N)c3nc(-c4cccs4)cs3)c(Cl)nc2c1. The number of halogens is 1. The van der Waals surface area contributed by atoms with Gasteiger partial charge in [-0.2, -0.15) is 5.26 Å². The number of ether oxygens (including phenoxy) is 1. The van der Waals surface area contributed by atoms with E-state index in [0.29, 0.717) is 21.3 Å². The van der Waals surface area contributed by atoms with Gasteiger partial charge >= 0.3 is 0 Å². The molecule has 0 unspecified atom stereocenters. The van der Waals surface area contributed by atoms with Crippen molar-refractivity contribution in [1.82, 2.24) is 9.97 Å². The molecule has 0 fully saturated rings. The lowest BCUT2D eigenvalue weighted by atomic mass is 10.1. The lowest BCUT2D eigenvalue weighted by Gasteiger charge is -2.05. The fraction of sp³-hybridized carbons (Fsp3) is 0.0500. The van der Waals surface area contributed by atoms with E-state index >= 15 is 0 Å². The standard InChI is InChI=1S/C20H12ClN3OS2/c1-25-15-5-4-12-7-13(19(21)23-16(12)9-15)8-14(10-22)20-24-17(11-27-20)18-3-2-6-26-18/h2-9,11H,1H3. The van der Waals surface area contributed by atoms with Gasteiger partial charge in [0.05, 0.1) is 28.8 Å². The molecule has 0 atom stereocenters. The second-order valence-corrected chi connectivity index (χ2v) is 7.78. The average Bonchev–Trinajstić information content (AvgIpc) is 3.37. The molecule has 1 aromatic carbocycles. The van der Waals surface area contributed by atoms with E-state index in [0.717, 1.165) is 27.2 Å². The Labute approximate surface area is 169 Å². The summed E-state index contributed by atoms with van der Waals surface area (Å²) in [4.78, 5) is 10.1. The highest BCUT2D eigenvalue weighted by molar-refractivity contribution is 7.14. The zero-order valence-corrected chi connectivity index (χ0v) is 16.5. The number of hydrogen-bond donors (Lipinski definition) is 0. The van der Waals surface area contributed by atoms with E-state index in [1.165, 1.54) is 11.3 Å². The fourth-order valence-electron chi connectivity index (χ4n) is 2.60. The van der Waals surface area contributed by atoms with Crippen LogP contribution in [0.3, 0.4) is 0 Å². The summed E-state index contributed by atoms with van der Waals surface area (Å²) in [5.74, 6) is 0.718. The summed E-state index contributed by atoms with van der Waals surface area (Å²) in [6.45, 7) is 0. The van der Waals surface area contributed by atoms with E-state index in [4.69, 9.17) is 16.3 Å². The zero-order valence-electron chi connectivity index (χ0n) is 14.1. The van der Waals surface area contributed by atoms with Gasteiger partial charge in [0.25, 0.3) is 0 Å². The van der Waals surface area contributed by atoms with Gasteiger partial charge in [-0.3, -0.25) is 0 Å². The Bertz CT molecular complexity index is 1190. The van der Waals surface area contributed by atoms with Crippen LogP contribution in [0.25, 0.3) is 33.1 Å². The maximum atomic E-state index is 9.62. The summed E-state index contributed by atoms with van der Waals surface area (Å²) in [5, 5.41) is 15.5. The van der Waals surface area contributed by atoms with Gasteiger partial charge in [-0.25, -0.2) is 9.97 Å². The molecule has 0 spiro atoms. The number of allylic oxidation sites excluding steroid dienone is 1. The van der Waals surface area contributed by atoms with Crippen molar-refractivity contribution in [3.8, 4) is 22.4 Å². The molecule has 0 saturated carbocycles. The quantitative estimate of drug-likeness (QED) is 0.300. The number of thiophene rings is 1. The zero-order chi connectivity index (χ0) is 18.8. The van der Waals surface area contributed by atoms with Gasteiger partial charge in [0, 0.05) is 22.4 Å². The Morgan fingerprint density at radius 3 is 2.85 bits per heavy atom. The third-order valence-electron chi connectivity index (χ3n) is 3.93. The number of fused-ring (bicyclic) bond motifs is 1. The van der Waals surface area contributed by atoms with Crippen LogP contribution in [-0.4, -0.2) is 17.1 Å². The van der Waals surface area contributed by atoms with Crippen molar-refractivity contribution >= 4 is 56.8 Å². The van der Waals surface area contributed by atoms with E-state index in [-0.39, 0.29) is 0 Å². The van der Waals surface area contributed by atoms with Crippen LogP contribution >= 0.6 is 34.3 Å². The topological polar surface area (TPSA) is 58.8 Å². The number of nitrogens with zero attached hydrogens (tertiary/aromatic N) is 3. The fourth-order valence-corrected chi connectivity index (χ4v) is 4.35.